The summed E-state index contributed by atoms with van der Waals surface area (Å²) in [4.78, 5) is 10.1. The van der Waals surface area contributed by atoms with Gasteiger partial charge in [0, 0.05) is 12.1 Å². The second-order valence-electron chi connectivity index (χ2n) is 4.53. The van der Waals surface area contributed by atoms with E-state index < -0.39 is 4.92 Å². The first kappa shape index (κ1) is 15.7. The maximum atomic E-state index is 10.5. The standard InChI is InChI=1S/C17H17NO4/c19-18(20)16-8-10-17(11-9-16)22-13-5-4-12-21-14-15-6-2-1-3-7-15/h1-11H,12-14H2/b5-4+. The second-order valence-corrected chi connectivity index (χ2v) is 4.53. The van der Waals surface area contributed by atoms with E-state index >= 15 is 0 Å². The van der Waals surface area contributed by atoms with Gasteiger partial charge in [-0.25, -0.2) is 0 Å². The van der Waals surface area contributed by atoms with Gasteiger partial charge >= 0.3 is 0 Å². The van der Waals surface area contributed by atoms with Gasteiger partial charge in [0.15, 0.2) is 0 Å². The molecule has 0 spiro atoms. The average molecular weight is 299 g/mol. The van der Waals surface area contributed by atoms with E-state index in [0.29, 0.717) is 25.6 Å². The highest BCUT2D eigenvalue weighted by atomic mass is 16.6. The Morgan fingerprint density at radius 1 is 0.955 bits per heavy atom. The van der Waals surface area contributed by atoms with Crippen molar-refractivity contribution >= 4 is 5.69 Å². The molecular weight excluding hydrogens is 282 g/mol. The second kappa shape index (κ2) is 8.59. The predicted octanol–water partition coefficient (Wildman–Crippen LogP) is 3.75. The van der Waals surface area contributed by atoms with E-state index in [2.05, 4.69) is 0 Å². The average Bonchev–Trinajstić information content (AvgIpc) is 2.55. The largest absolute Gasteiger partial charge is 0.490 e. The summed E-state index contributed by atoms with van der Waals surface area (Å²) in [6, 6.07) is 16.0. The Labute approximate surface area is 129 Å². The maximum absolute atomic E-state index is 10.5. The van der Waals surface area contributed by atoms with Crippen LogP contribution < -0.4 is 4.74 Å². The van der Waals surface area contributed by atoms with Gasteiger partial charge in [0.1, 0.15) is 12.4 Å². The van der Waals surface area contributed by atoms with Crippen LogP contribution >= 0.6 is 0 Å². The van der Waals surface area contributed by atoms with E-state index in [1.54, 1.807) is 12.1 Å². The Morgan fingerprint density at radius 3 is 2.32 bits per heavy atom. The van der Waals surface area contributed by atoms with E-state index in [1.807, 2.05) is 42.5 Å². The molecule has 0 aliphatic rings. The third kappa shape index (κ3) is 5.38. The third-order valence-corrected chi connectivity index (χ3v) is 2.89. The molecule has 0 radical (unpaired) electrons. The number of hydrogen-bond donors (Lipinski definition) is 0. The summed E-state index contributed by atoms with van der Waals surface area (Å²) < 4.78 is 10.9. The molecule has 2 rings (SSSR count). The summed E-state index contributed by atoms with van der Waals surface area (Å²) >= 11 is 0. The molecule has 5 nitrogen and oxygen atoms in total. The topological polar surface area (TPSA) is 61.6 Å². The van der Waals surface area contributed by atoms with Crippen LogP contribution in [0.4, 0.5) is 5.69 Å². The minimum absolute atomic E-state index is 0.0530. The zero-order valence-corrected chi connectivity index (χ0v) is 12.1. The molecule has 0 saturated carbocycles. The highest BCUT2D eigenvalue weighted by Crippen LogP contribution is 2.17. The lowest BCUT2D eigenvalue weighted by Crippen LogP contribution is -1.96. The van der Waals surface area contributed by atoms with Gasteiger partial charge in [0.25, 0.3) is 5.69 Å². The number of nitro benzene ring substituents is 1. The van der Waals surface area contributed by atoms with Crippen molar-refractivity contribution in [1.29, 1.82) is 0 Å². The number of benzene rings is 2. The fourth-order valence-electron chi connectivity index (χ4n) is 1.76. The van der Waals surface area contributed by atoms with Crippen molar-refractivity contribution in [2.75, 3.05) is 13.2 Å². The van der Waals surface area contributed by atoms with E-state index in [-0.39, 0.29) is 5.69 Å². The van der Waals surface area contributed by atoms with Gasteiger partial charge in [-0.3, -0.25) is 10.1 Å². The lowest BCUT2D eigenvalue weighted by Gasteiger charge is -2.03. The molecule has 0 atom stereocenters. The molecule has 22 heavy (non-hydrogen) atoms. The lowest BCUT2D eigenvalue weighted by molar-refractivity contribution is -0.384. The molecule has 0 amide bonds. The number of ether oxygens (including phenoxy) is 2. The number of hydrogen-bond acceptors (Lipinski definition) is 4. The normalized spacial score (nSPS) is 10.7. The van der Waals surface area contributed by atoms with Crippen molar-refractivity contribution in [1.82, 2.24) is 0 Å². The van der Waals surface area contributed by atoms with Gasteiger partial charge in [-0.05, 0) is 23.8 Å². The zero-order valence-electron chi connectivity index (χ0n) is 12.1. The van der Waals surface area contributed by atoms with E-state index in [4.69, 9.17) is 9.47 Å². The van der Waals surface area contributed by atoms with E-state index in [9.17, 15) is 10.1 Å². The molecule has 2 aromatic rings. The fraction of sp³-hybridized carbons (Fsp3) is 0.176. The lowest BCUT2D eigenvalue weighted by atomic mass is 10.2. The first-order valence-corrected chi connectivity index (χ1v) is 6.89. The first-order valence-electron chi connectivity index (χ1n) is 6.89. The summed E-state index contributed by atoms with van der Waals surface area (Å²) in [5.41, 5.74) is 1.19. The quantitative estimate of drug-likeness (QED) is 0.322. The van der Waals surface area contributed by atoms with Crippen molar-refractivity contribution in [2.45, 2.75) is 6.61 Å². The molecule has 0 N–H and O–H groups in total. The number of nitrogens with zero attached hydrogens (tertiary/aromatic N) is 1. The van der Waals surface area contributed by atoms with Crippen molar-refractivity contribution in [3.05, 3.63) is 82.4 Å². The van der Waals surface area contributed by atoms with E-state index in [1.165, 1.54) is 12.1 Å². The SMILES string of the molecule is O=[N+]([O-])c1ccc(OC/C=C/COCc2ccccc2)cc1. The molecule has 0 aliphatic carbocycles. The van der Waals surface area contributed by atoms with Gasteiger partial charge in [0.05, 0.1) is 18.1 Å². The van der Waals surface area contributed by atoms with Gasteiger partial charge in [-0.2, -0.15) is 0 Å². The molecule has 114 valence electrons. The van der Waals surface area contributed by atoms with Crippen LogP contribution in [0.2, 0.25) is 0 Å². The van der Waals surface area contributed by atoms with Crippen LogP contribution in [0.15, 0.2) is 66.7 Å². The minimum atomic E-state index is -0.437. The Morgan fingerprint density at radius 2 is 1.64 bits per heavy atom. The van der Waals surface area contributed by atoms with Gasteiger partial charge in [0.2, 0.25) is 0 Å². The maximum Gasteiger partial charge on any atom is 0.269 e. The van der Waals surface area contributed by atoms with Crippen LogP contribution in [0.5, 0.6) is 5.75 Å². The summed E-state index contributed by atoms with van der Waals surface area (Å²) in [6.07, 6.45) is 3.74. The Bertz CT molecular complexity index is 608. The number of rotatable bonds is 8. The molecular formula is C17H17NO4. The van der Waals surface area contributed by atoms with Gasteiger partial charge < -0.3 is 9.47 Å². The predicted molar refractivity (Wildman–Crippen MR) is 83.8 cm³/mol. The number of non-ortho nitro benzene ring substituents is 1. The Kier molecular flexibility index (Phi) is 6.14. The van der Waals surface area contributed by atoms with Crippen LogP contribution in [-0.4, -0.2) is 18.1 Å². The van der Waals surface area contributed by atoms with Crippen LogP contribution in [0.1, 0.15) is 5.56 Å². The first-order chi connectivity index (χ1) is 10.8. The minimum Gasteiger partial charge on any atom is -0.490 e. The highest BCUT2D eigenvalue weighted by Gasteiger charge is 2.03. The van der Waals surface area contributed by atoms with E-state index in [0.717, 1.165) is 5.56 Å². The molecule has 0 heterocycles. The van der Waals surface area contributed by atoms with Crippen LogP contribution in [-0.2, 0) is 11.3 Å². The Hall–Kier alpha value is -2.66. The molecule has 0 fully saturated rings. The van der Waals surface area contributed by atoms with Gasteiger partial charge in [-0.15, -0.1) is 0 Å². The van der Waals surface area contributed by atoms with Crippen molar-refractivity contribution in [2.24, 2.45) is 0 Å². The van der Waals surface area contributed by atoms with Crippen molar-refractivity contribution < 1.29 is 14.4 Å². The van der Waals surface area contributed by atoms with Crippen LogP contribution in [0, 0.1) is 10.1 Å². The molecule has 0 saturated heterocycles. The van der Waals surface area contributed by atoms with Crippen molar-refractivity contribution in [3.63, 3.8) is 0 Å². The summed E-state index contributed by atoms with van der Waals surface area (Å²) in [5, 5.41) is 10.5. The summed E-state index contributed by atoms with van der Waals surface area (Å²) in [7, 11) is 0. The summed E-state index contributed by atoms with van der Waals surface area (Å²) in [6.45, 7) is 1.49. The fourth-order valence-corrected chi connectivity index (χ4v) is 1.76. The summed E-state index contributed by atoms with van der Waals surface area (Å²) in [5.74, 6) is 0.598. The van der Waals surface area contributed by atoms with Gasteiger partial charge in [-0.1, -0.05) is 36.4 Å². The van der Waals surface area contributed by atoms with Crippen LogP contribution in [0.25, 0.3) is 0 Å². The molecule has 0 aliphatic heterocycles. The Balaban J connectivity index is 1.62. The van der Waals surface area contributed by atoms with Crippen LogP contribution in [0.3, 0.4) is 0 Å². The number of nitro groups is 1. The van der Waals surface area contributed by atoms with Crippen molar-refractivity contribution in [3.8, 4) is 5.75 Å². The smallest absolute Gasteiger partial charge is 0.269 e. The zero-order chi connectivity index (χ0) is 15.6. The molecule has 2 aromatic carbocycles. The monoisotopic (exact) mass is 299 g/mol. The highest BCUT2D eigenvalue weighted by molar-refractivity contribution is 5.36. The molecule has 0 aromatic heterocycles. The molecule has 5 heteroatoms. The molecule has 0 unspecified atom stereocenters. The molecule has 0 bridgehead atoms. The third-order valence-electron chi connectivity index (χ3n) is 2.89.